The third-order valence-electron chi connectivity index (χ3n) is 6.17. The van der Waals surface area contributed by atoms with Crippen LogP contribution in [0.3, 0.4) is 0 Å². The summed E-state index contributed by atoms with van der Waals surface area (Å²) in [6.45, 7) is 11.0. The van der Waals surface area contributed by atoms with Gasteiger partial charge in [-0.3, -0.25) is 9.79 Å². The molecule has 0 spiro atoms. The molecule has 2 heterocycles. The Bertz CT molecular complexity index is 756. The molecule has 0 aliphatic carbocycles. The summed E-state index contributed by atoms with van der Waals surface area (Å²) in [5, 5.41) is 7.02. The summed E-state index contributed by atoms with van der Waals surface area (Å²) < 4.78 is 6.15. The number of nitrogens with one attached hydrogen (secondary N) is 2. The number of amides is 1. The smallest absolute Gasteiger partial charge is 0.220 e. The molecule has 1 aromatic rings. The van der Waals surface area contributed by atoms with Crippen molar-refractivity contribution in [3.8, 4) is 5.75 Å². The number of hydrogen-bond acceptors (Lipinski definition) is 4. The van der Waals surface area contributed by atoms with Crippen molar-refractivity contribution in [1.29, 1.82) is 0 Å². The van der Waals surface area contributed by atoms with Crippen LogP contribution in [0, 0.1) is 5.92 Å². The van der Waals surface area contributed by atoms with E-state index in [9.17, 15) is 4.79 Å². The molecule has 1 saturated heterocycles. The normalized spacial score (nSPS) is 21.8. The number of guanidine groups is 1. The second-order valence-electron chi connectivity index (χ2n) is 9.29. The van der Waals surface area contributed by atoms with Crippen LogP contribution in [0.25, 0.3) is 0 Å². The molecular weight excluding hydrogens is 390 g/mol. The van der Waals surface area contributed by atoms with Crippen LogP contribution in [0.1, 0.15) is 64.5 Å². The standard InChI is InChI=1S/C24H39N5O2/c1-4-26-23(27-13-7-8-14-29-15-11-18(12-16-29)22(25)30)28-20-17-24(2,3)31-21-10-6-5-9-19(20)21/h5-6,9-10,18,20H,4,7-8,11-17H2,1-3H3,(H2,25,30)(H2,26,27,28). The van der Waals surface area contributed by atoms with Crippen molar-refractivity contribution in [2.75, 3.05) is 32.7 Å². The first-order chi connectivity index (χ1) is 14.9. The molecule has 1 unspecified atom stereocenters. The average Bonchev–Trinajstić information content (AvgIpc) is 2.73. The number of primary amides is 1. The van der Waals surface area contributed by atoms with Gasteiger partial charge in [0.15, 0.2) is 5.96 Å². The summed E-state index contributed by atoms with van der Waals surface area (Å²) in [5.41, 5.74) is 6.39. The van der Waals surface area contributed by atoms with Crippen molar-refractivity contribution in [3.05, 3.63) is 29.8 Å². The summed E-state index contributed by atoms with van der Waals surface area (Å²) in [5.74, 6) is 1.73. The van der Waals surface area contributed by atoms with E-state index >= 15 is 0 Å². The van der Waals surface area contributed by atoms with E-state index in [0.29, 0.717) is 0 Å². The Kier molecular flexibility index (Phi) is 8.18. The molecule has 2 aliphatic rings. The number of hydrogen-bond donors (Lipinski definition) is 3. The van der Waals surface area contributed by atoms with E-state index < -0.39 is 0 Å². The summed E-state index contributed by atoms with van der Waals surface area (Å²) in [4.78, 5) is 18.6. The maximum Gasteiger partial charge on any atom is 0.220 e. The topological polar surface area (TPSA) is 92.0 Å². The van der Waals surface area contributed by atoms with Gasteiger partial charge >= 0.3 is 0 Å². The van der Waals surface area contributed by atoms with Crippen LogP contribution < -0.4 is 21.1 Å². The number of carbonyl (C=O) groups excluding carboxylic acids is 1. The molecule has 3 rings (SSSR count). The van der Waals surface area contributed by atoms with E-state index in [1.54, 1.807) is 0 Å². The van der Waals surface area contributed by atoms with Crippen molar-refractivity contribution in [1.82, 2.24) is 15.5 Å². The molecule has 0 radical (unpaired) electrons. The van der Waals surface area contributed by atoms with E-state index in [-0.39, 0.29) is 23.5 Å². The molecule has 7 heteroatoms. The molecule has 172 valence electrons. The molecule has 0 bridgehead atoms. The number of nitrogens with two attached hydrogens (primary N) is 1. The van der Waals surface area contributed by atoms with Crippen LogP contribution in [-0.2, 0) is 4.79 Å². The molecule has 1 aromatic carbocycles. The minimum absolute atomic E-state index is 0.0647. The minimum atomic E-state index is -0.217. The zero-order valence-corrected chi connectivity index (χ0v) is 19.3. The van der Waals surface area contributed by atoms with Gasteiger partial charge in [0.1, 0.15) is 11.4 Å². The zero-order valence-electron chi connectivity index (χ0n) is 19.3. The highest BCUT2D eigenvalue weighted by molar-refractivity contribution is 5.80. The fourth-order valence-corrected chi connectivity index (χ4v) is 4.50. The minimum Gasteiger partial charge on any atom is -0.487 e. The quantitative estimate of drug-likeness (QED) is 0.336. The van der Waals surface area contributed by atoms with Gasteiger partial charge in [0.25, 0.3) is 0 Å². The molecule has 4 N–H and O–H groups in total. The molecule has 1 atom stereocenters. The lowest BCUT2D eigenvalue weighted by atomic mass is 9.90. The van der Waals surface area contributed by atoms with Crippen molar-refractivity contribution < 1.29 is 9.53 Å². The second-order valence-corrected chi connectivity index (χ2v) is 9.29. The molecule has 2 aliphatic heterocycles. The fourth-order valence-electron chi connectivity index (χ4n) is 4.50. The highest BCUT2D eigenvalue weighted by Crippen LogP contribution is 2.39. The SMILES string of the molecule is CCNC(=NCCCCN1CCC(C(N)=O)CC1)NC1CC(C)(C)Oc2ccccc21. The maximum absolute atomic E-state index is 11.3. The Morgan fingerprint density at radius 3 is 2.71 bits per heavy atom. The van der Waals surface area contributed by atoms with E-state index in [2.05, 4.69) is 48.4 Å². The number of fused-ring (bicyclic) bond motifs is 1. The number of aliphatic imine (C=N–C) groups is 1. The number of rotatable bonds is 8. The first kappa shape index (κ1) is 23.4. The monoisotopic (exact) mass is 429 g/mol. The maximum atomic E-state index is 11.3. The van der Waals surface area contributed by atoms with Gasteiger partial charge in [-0.1, -0.05) is 18.2 Å². The third-order valence-corrected chi connectivity index (χ3v) is 6.17. The fraction of sp³-hybridized carbons (Fsp3) is 0.667. The van der Waals surface area contributed by atoms with Gasteiger partial charge in [0.05, 0.1) is 6.04 Å². The van der Waals surface area contributed by atoms with Crippen LogP contribution in [0.2, 0.25) is 0 Å². The largest absolute Gasteiger partial charge is 0.487 e. The number of carbonyl (C=O) groups is 1. The number of likely N-dealkylation sites (tertiary alicyclic amines) is 1. The lowest BCUT2D eigenvalue weighted by molar-refractivity contribution is -0.123. The molecular formula is C24H39N5O2. The lowest BCUT2D eigenvalue weighted by Gasteiger charge is -2.38. The van der Waals surface area contributed by atoms with Crippen molar-refractivity contribution in [2.45, 2.75) is 64.5 Å². The van der Waals surface area contributed by atoms with Crippen LogP contribution in [0.4, 0.5) is 0 Å². The van der Waals surface area contributed by atoms with Gasteiger partial charge in [0.2, 0.25) is 5.91 Å². The third kappa shape index (κ3) is 6.86. The Balaban J connectivity index is 1.48. The number of benzene rings is 1. The van der Waals surface area contributed by atoms with Crippen molar-refractivity contribution >= 4 is 11.9 Å². The van der Waals surface area contributed by atoms with Crippen LogP contribution >= 0.6 is 0 Å². The molecule has 7 nitrogen and oxygen atoms in total. The van der Waals surface area contributed by atoms with Gasteiger partial charge < -0.3 is 26.0 Å². The highest BCUT2D eigenvalue weighted by Gasteiger charge is 2.34. The van der Waals surface area contributed by atoms with Gasteiger partial charge in [-0.25, -0.2) is 0 Å². The van der Waals surface area contributed by atoms with E-state index in [4.69, 9.17) is 15.5 Å². The average molecular weight is 430 g/mol. The van der Waals surface area contributed by atoms with E-state index in [1.165, 1.54) is 5.56 Å². The molecule has 0 saturated carbocycles. The van der Waals surface area contributed by atoms with Crippen LogP contribution in [0.15, 0.2) is 29.3 Å². The summed E-state index contributed by atoms with van der Waals surface area (Å²) >= 11 is 0. The first-order valence-corrected chi connectivity index (χ1v) is 11.7. The molecule has 1 amide bonds. The number of unbranched alkanes of at least 4 members (excludes halogenated alkanes) is 1. The summed E-state index contributed by atoms with van der Waals surface area (Å²) in [6.07, 6.45) is 4.82. The van der Waals surface area contributed by atoms with Crippen LogP contribution in [0.5, 0.6) is 5.75 Å². The number of para-hydroxylation sites is 1. The van der Waals surface area contributed by atoms with E-state index in [0.717, 1.165) is 76.5 Å². The zero-order chi connectivity index (χ0) is 22.3. The number of ether oxygens (including phenoxy) is 1. The van der Waals surface area contributed by atoms with E-state index in [1.807, 2.05) is 12.1 Å². The van der Waals surface area contributed by atoms with Crippen molar-refractivity contribution in [3.63, 3.8) is 0 Å². The van der Waals surface area contributed by atoms with Gasteiger partial charge in [-0.2, -0.15) is 0 Å². The number of nitrogens with zero attached hydrogens (tertiary/aromatic N) is 2. The predicted molar refractivity (Wildman–Crippen MR) is 125 cm³/mol. The molecule has 31 heavy (non-hydrogen) atoms. The first-order valence-electron chi connectivity index (χ1n) is 11.7. The van der Waals surface area contributed by atoms with Gasteiger partial charge in [0, 0.05) is 31.0 Å². The Morgan fingerprint density at radius 2 is 2.00 bits per heavy atom. The Hall–Kier alpha value is -2.28. The summed E-state index contributed by atoms with van der Waals surface area (Å²) in [7, 11) is 0. The van der Waals surface area contributed by atoms with Crippen LogP contribution in [-0.4, -0.2) is 55.1 Å². The number of piperidine rings is 1. The van der Waals surface area contributed by atoms with Gasteiger partial charge in [-0.15, -0.1) is 0 Å². The predicted octanol–water partition coefficient (Wildman–Crippen LogP) is 2.82. The van der Waals surface area contributed by atoms with Gasteiger partial charge in [-0.05, 0) is 72.2 Å². The molecule has 1 fully saturated rings. The molecule has 0 aromatic heterocycles. The second kappa shape index (κ2) is 10.8. The Labute approximate surface area is 186 Å². The summed E-state index contributed by atoms with van der Waals surface area (Å²) in [6, 6.07) is 8.43. The lowest BCUT2D eigenvalue weighted by Crippen LogP contribution is -2.45. The highest BCUT2D eigenvalue weighted by atomic mass is 16.5. The van der Waals surface area contributed by atoms with Crippen molar-refractivity contribution in [2.24, 2.45) is 16.6 Å². The Morgan fingerprint density at radius 1 is 1.26 bits per heavy atom.